The first-order valence-corrected chi connectivity index (χ1v) is 6.36. The van der Waals surface area contributed by atoms with E-state index in [4.69, 9.17) is 5.11 Å². The number of aliphatic hydroxyl groups excluding tert-OH is 1. The Kier molecular flexibility index (Phi) is 4.48. The summed E-state index contributed by atoms with van der Waals surface area (Å²) in [5.74, 6) is 0. The van der Waals surface area contributed by atoms with E-state index in [0.717, 1.165) is 0 Å². The zero-order valence-electron chi connectivity index (χ0n) is 9.40. The van der Waals surface area contributed by atoms with Crippen LogP contribution in [0.15, 0.2) is 17.2 Å². The first-order valence-electron chi connectivity index (χ1n) is 4.88. The van der Waals surface area contributed by atoms with Crippen LogP contribution >= 0.6 is 0 Å². The van der Waals surface area contributed by atoms with E-state index in [9.17, 15) is 8.42 Å². The average Bonchev–Trinajstić information content (AvgIpc) is 2.65. The Morgan fingerprint density at radius 1 is 1.50 bits per heavy atom. The molecule has 7 heteroatoms. The van der Waals surface area contributed by atoms with Crippen molar-refractivity contribution in [1.82, 2.24) is 14.6 Å². The number of aliphatic hydroxyl groups is 1. The van der Waals surface area contributed by atoms with Gasteiger partial charge >= 0.3 is 0 Å². The predicted molar refractivity (Wildman–Crippen MR) is 60.5 cm³/mol. The van der Waals surface area contributed by atoms with Gasteiger partial charge in [-0.1, -0.05) is 0 Å². The molecule has 16 heavy (non-hydrogen) atoms. The largest absolute Gasteiger partial charge is 0.390 e. The number of aromatic nitrogens is 1. The van der Waals surface area contributed by atoms with E-state index in [1.165, 1.54) is 12.3 Å². The van der Waals surface area contributed by atoms with E-state index in [2.05, 4.69) is 9.71 Å². The van der Waals surface area contributed by atoms with E-state index in [1.807, 2.05) is 19.0 Å². The Balaban J connectivity index is 2.63. The number of aromatic amines is 1. The second kappa shape index (κ2) is 5.44. The van der Waals surface area contributed by atoms with Crippen molar-refractivity contribution in [2.75, 3.05) is 27.2 Å². The molecule has 1 aromatic rings. The second-order valence-corrected chi connectivity index (χ2v) is 5.49. The van der Waals surface area contributed by atoms with Crippen LogP contribution in [0.5, 0.6) is 0 Å². The van der Waals surface area contributed by atoms with Gasteiger partial charge in [0.15, 0.2) is 0 Å². The second-order valence-electron chi connectivity index (χ2n) is 3.72. The highest BCUT2D eigenvalue weighted by Gasteiger charge is 2.15. The summed E-state index contributed by atoms with van der Waals surface area (Å²) in [4.78, 5) is 4.72. The Morgan fingerprint density at radius 2 is 2.19 bits per heavy atom. The molecule has 1 heterocycles. The summed E-state index contributed by atoms with van der Waals surface area (Å²) in [5, 5.41) is 8.81. The molecule has 0 fully saturated rings. The maximum absolute atomic E-state index is 11.7. The molecule has 0 atom stereocenters. The third-order valence-electron chi connectivity index (χ3n) is 2.05. The molecule has 0 aliphatic heterocycles. The van der Waals surface area contributed by atoms with E-state index in [0.29, 0.717) is 18.8 Å². The number of hydrogen-bond acceptors (Lipinski definition) is 4. The number of H-pyrrole nitrogens is 1. The zero-order valence-corrected chi connectivity index (χ0v) is 10.2. The first-order chi connectivity index (χ1) is 7.45. The van der Waals surface area contributed by atoms with Crippen LogP contribution in [0.4, 0.5) is 0 Å². The topological polar surface area (TPSA) is 85.4 Å². The molecule has 1 rings (SSSR count). The molecule has 1 aromatic heterocycles. The van der Waals surface area contributed by atoms with Gasteiger partial charge in [-0.05, 0) is 20.2 Å². The van der Waals surface area contributed by atoms with Gasteiger partial charge < -0.3 is 15.0 Å². The summed E-state index contributed by atoms with van der Waals surface area (Å²) in [6, 6.07) is 1.41. The van der Waals surface area contributed by atoms with Crippen molar-refractivity contribution < 1.29 is 13.5 Å². The van der Waals surface area contributed by atoms with Crippen molar-refractivity contribution in [2.24, 2.45) is 0 Å². The molecule has 0 spiro atoms. The molecule has 6 nitrogen and oxygen atoms in total. The van der Waals surface area contributed by atoms with Crippen LogP contribution in [-0.2, 0) is 16.6 Å². The predicted octanol–water partition coefficient (Wildman–Crippen LogP) is -0.653. The quantitative estimate of drug-likeness (QED) is 0.623. The SMILES string of the molecule is CN(C)CCNS(=O)(=O)c1c[nH]c(CO)c1. The van der Waals surface area contributed by atoms with Crippen LogP contribution in [0, 0.1) is 0 Å². The van der Waals surface area contributed by atoms with Gasteiger partial charge in [0, 0.05) is 25.0 Å². The highest BCUT2D eigenvalue weighted by Crippen LogP contribution is 2.09. The number of rotatable bonds is 6. The molecule has 0 saturated heterocycles. The van der Waals surface area contributed by atoms with Crippen LogP contribution in [0.1, 0.15) is 5.69 Å². The molecule has 0 amide bonds. The Labute approximate surface area is 95.3 Å². The fraction of sp³-hybridized carbons (Fsp3) is 0.556. The maximum atomic E-state index is 11.7. The van der Waals surface area contributed by atoms with Gasteiger partial charge in [0.05, 0.1) is 11.5 Å². The molecule has 92 valence electrons. The third kappa shape index (κ3) is 3.60. The molecule has 0 bridgehead atoms. The van der Waals surface area contributed by atoms with Gasteiger partial charge in [-0.25, -0.2) is 13.1 Å². The van der Waals surface area contributed by atoms with Gasteiger partial charge in [0.25, 0.3) is 0 Å². The van der Waals surface area contributed by atoms with E-state index >= 15 is 0 Å². The van der Waals surface area contributed by atoms with E-state index in [-0.39, 0.29) is 11.5 Å². The summed E-state index contributed by atoms with van der Waals surface area (Å²) >= 11 is 0. The summed E-state index contributed by atoms with van der Waals surface area (Å²) in [7, 11) is 0.275. The third-order valence-corrected chi connectivity index (χ3v) is 3.49. The summed E-state index contributed by atoms with van der Waals surface area (Å²) in [6.07, 6.45) is 1.36. The van der Waals surface area contributed by atoms with Gasteiger partial charge in [-0.2, -0.15) is 0 Å². The molecular weight excluding hydrogens is 230 g/mol. The van der Waals surface area contributed by atoms with Crippen molar-refractivity contribution in [3.05, 3.63) is 18.0 Å². The number of likely N-dealkylation sites (N-methyl/N-ethyl adjacent to an activating group) is 1. The van der Waals surface area contributed by atoms with Crippen molar-refractivity contribution in [3.8, 4) is 0 Å². The molecule has 0 aromatic carbocycles. The van der Waals surface area contributed by atoms with Crippen molar-refractivity contribution in [1.29, 1.82) is 0 Å². The molecule has 0 aliphatic rings. The molecular formula is C9H17N3O3S. The molecule has 0 saturated carbocycles. The molecule has 0 unspecified atom stereocenters. The van der Waals surface area contributed by atoms with Gasteiger partial charge in [-0.3, -0.25) is 0 Å². The summed E-state index contributed by atoms with van der Waals surface area (Å²) in [5.41, 5.74) is 0.480. The first kappa shape index (κ1) is 13.2. The van der Waals surface area contributed by atoms with Crippen molar-refractivity contribution in [3.63, 3.8) is 0 Å². The summed E-state index contributed by atoms with van der Waals surface area (Å²) < 4.78 is 25.9. The minimum absolute atomic E-state index is 0.148. The molecule has 3 N–H and O–H groups in total. The number of hydrogen-bond donors (Lipinski definition) is 3. The molecule has 0 aliphatic carbocycles. The number of nitrogens with zero attached hydrogens (tertiary/aromatic N) is 1. The minimum Gasteiger partial charge on any atom is -0.390 e. The molecule has 0 radical (unpaired) electrons. The van der Waals surface area contributed by atoms with Gasteiger partial charge in [0.1, 0.15) is 0 Å². The Morgan fingerprint density at radius 3 is 2.69 bits per heavy atom. The highest BCUT2D eigenvalue weighted by atomic mass is 32.2. The van der Waals surface area contributed by atoms with E-state index in [1.54, 1.807) is 0 Å². The Hall–Kier alpha value is -0.890. The maximum Gasteiger partial charge on any atom is 0.242 e. The van der Waals surface area contributed by atoms with E-state index < -0.39 is 10.0 Å². The van der Waals surface area contributed by atoms with Crippen molar-refractivity contribution >= 4 is 10.0 Å². The highest BCUT2D eigenvalue weighted by molar-refractivity contribution is 7.89. The lowest BCUT2D eigenvalue weighted by atomic mass is 10.5. The minimum atomic E-state index is -3.46. The monoisotopic (exact) mass is 247 g/mol. The van der Waals surface area contributed by atoms with Gasteiger partial charge in [0.2, 0.25) is 10.0 Å². The lowest BCUT2D eigenvalue weighted by Crippen LogP contribution is -2.31. The Bertz CT molecular complexity index is 425. The van der Waals surface area contributed by atoms with Crippen LogP contribution in [0.25, 0.3) is 0 Å². The standard InChI is InChI=1S/C9H17N3O3S/c1-12(2)4-3-11-16(14,15)9-5-8(7-13)10-6-9/h5-6,10-11,13H,3-4,7H2,1-2H3. The fourth-order valence-corrected chi connectivity index (χ4v) is 2.19. The number of sulfonamides is 1. The van der Waals surface area contributed by atoms with Crippen LogP contribution in [0.3, 0.4) is 0 Å². The fourth-order valence-electron chi connectivity index (χ4n) is 1.15. The lowest BCUT2D eigenvalue weighted by molar-refractivity contribution is 0.277. The van der Waals surface area contributed by atoms with Crippen LogP contribution < -0.4 is 4.72 Å². The average molecular weight is 247 g/mol. The van der Waals surface area contributed by atoms with Crippen LogP contribution in [0.2, 0.25) is 0 Å². The van der Waals surface area contributed by atoms with Crippen molar-refractivity contribution in [2.45, 2.75) is 11.5 Å². The lowest BCUT2D eigenvalue weighted by Gasteiger charge is -2.09. The smallest absolute Gasteiger partial charge is 0.242 e. The summed E-state index contributed by atoms with van der Waals surface area (Å²) in [6.45, 7) is 0.790. The zero-order chi connectivity index (χ0) is 12.2. The van der Waals surface area contributed by atoms with Crippen LogP contribution in [-0.4, -0.2) is 50.6 Å². The normalized spacial score (nSPS) is 12.2. The van der Waals surface area contributed by atoms with Gasteiger partial charge in [-0.15, -0.1) is 0 Å². The number of nitrogens with one attached hydrogen (secondary N) is 2.